The first kappa shape index (κ1) is 6.64. The second kappa shape index (κ2) is 2.41. The van der Waals surface area contributed by atoms with Gasteiger partial charge in [0.25, 0.3) is 0 Å². The Balaban J connectivity index is 2.67. The third-order valence-corrected chi connectivity index (χ3v) is 1.76. The summed E-state index contributed by atoms with van der Waals surface area (Å²) in [6, 6.07) is 0. The van der Waals surface area contributed by atoms with Crippen LogP contribution in [0.25, 0.3) is 0 Å². The van der Waals surface area contributed by atoms with Gasteiger partial charge in [-0.15, -0.1) is 5.73 Å². The van der Waals surface area contributed by atoms with Crippen molar-refractivity contribution in [1.82, 2.24) is 0 Å². The molecule has 0 saturated carbocycles. The number of hydrogen-bond acceptors (Lipinski definition) is 0. The molecule has 0 bridgehead atoms. The summed E-state index contributed by atoms with van der Waals surface area (Å²) < 4.78 is 0. The van der Waals surface area contributed by atoms with Crippen LogP contribution in [0.1, 0.15) is 33.1 Å². The van der Waals surface area contributed by atoms with Gasteiger partial charge in [-0.2, -0.15) is 0 Å². The molecule has 0 unspecified atom stereocenters. The molecular weight excluding hydrogens is 108 g/mol. The van der Waals surface area contributed by atoms with Crippen molar-refractivity contribution in [1.29, 1.82) is 0 Å². The van der Waals surface area contributed by atoms with E-state index in [0.29, 0.717) is 5.41 Å². The smallest absolute Gasteiger partial charge is 0.00990 e. The Bertz CT molecular complexity index is 145. The molecule has 0 atom stereocenters. The lowest BCUT2D eigenvalue weighted by molar-refractivity contribution is 0.428. The topological polar surface area (TPSA) is 0 Å². The second-order valence-electron chi connectivity index (χ2n) is 3.40. The van der Waals surface area contributed by atoms with Crippen LogP contribution in [0.4, 0.5) is 0 Å². The van der Waals surface area contributed by atoms with E-state index in [-0.39, 0.29) is 0 Å². The van der Waals surface area contributed by atoms with Crippen molar-refractivity contribution < 1.29 is 0 Å². The largest absolute Gasteiger partial charge is 0.129 e. The summed E-state index contributed by atoms with van der Waals surface area (Å²) in [7, 11) is 0. The first-order valence-corrected chi connectivity index (χ1v) is 3.63. The lowest BCUT2D eigenvalue weighted by atomic mass is 9.88. The van der Waals surface area contributed by atoms with E-state index in [9.17, 15) is 0 Å². The minimum atomic E-state index is 0.396. The van der Waals surface area contributed by atoms with Gasteiger partial charge in [-0.3, -0.25) is 0 Å². The van der Waals surface area contributed by atoms with Crippen molar-refractivity contribution in [3.05, 3.63) is 17.9 Å². The standard InChI is InChI=1S/C9H14/c1-9(2)7-5-3-4-6-8-9/h3,7H,4,6,8H2,1-2H3. The second-order valence-corrected chi connectivity index (χ2v) is 3.40. The van der Waals surface area contributed by atoms with Gasteiger partial charge in [-0.1, -0.05) is 13.8 Å². The zero-order chi connectivity index (χ0) is 6.74. The summed E-state index contributed by atoms with van der Waals surface area (Å²) in [6.45, 7) is 4.53. The SMILES string of the molecule is CC1(C)C=C=CCCC1. The van der Waals surface area contributed by atoms with Crippen LogP contribution in [0.2, 0.25) is 0 Å². The summed E-state index contributed by atoms with van der Waals surface area (Å²) in [6.07, 6.45) is 8.14. The molecule has 1 rings (SSSR count). The Kier molecular flexibility index (Phi) is 1.78. The summed E-state index contributed by atoms with van der Waals surface area (Å²) in [5.41, 5.74) is 3.58. The minimum absolute atomic E-state index is 0.396. The van der Waals surface area contributed by atoms with Crippen LogP contribution in [0.3, 0.4) is 0 Å². The van der Waals surface area contributed by atoms with E-state index < -0.39 is 0 Å². The molecule has 0 radical (unpaired) electrons. The molecule has 0 heterocycles. The van der Waals surface area contributed by atoms with Crippen molar-refractivity contribution in [3.8, 4) is 0 Å². The molecule has 50 valence electrons. The van der Waals surface area contributed by atoms with Crippen LogP contribution in [-0.4, -0.2) is 0 Å². The number of hydrogen-bond donors (Lipinski definition) is 0. The first-order chi connectivity index (χ1) is 4.21. The fourth-order valence-electron chi connectivity index (χ4n) is 1.10. The molecule has 0 nitrogen and oxygen atoms in total. The highest BCUT2D eigenvalue weighted by Crippen LogP contribution is 2.25. The molecule has 9 heavy (non-hydrogen) atoms. The Morgan fingerprint density at radius 1 is 1.44 bits per heavy atom. The molecule has 0 amide bonds. The van der Waals surface area contributed by atoms with E-state index in [1.165, 1.54) is 19.3 Å². The third-order valence-electron chi connectivity index (χ3n) is 1.76. The van der Waals surface area contributed by atoms with Crippen LogP contribution in [-0.2, 0) is 0 Å². The minimum Gasteiger partial charge on any atom is -0.129 e. The van der Waals surface area contributed by atoms with Crippen LogP contribution < -0.4 is 0 Å². The van der Waals surface area contributed by atoms with Crippen molar-refractivity contribution in [2.24, 2.45) is 5.41 Å². The van der Waals surface area contributed by atoms with Gasteiger partial charge in [-0.25, -0.2) is 0 Å². The average molecular weight is 122 g/mol. The van der Waals surface area contributed by atoms with Crippen LogP contribution >= 0.6 is 0 Å². The normalized spacial score (nSPS) is 23.8. The Morgan fingerprint density at radius 3 is 3.00 bits per heavy atom. The molecule has 0 aromatic rings. The van der Waals surface area contributed by atoms with Gasteiger partial charge in [0.15, 0.2) is 0 Å². The van der Waals surface area contributed by atoms with Gasteiger partial charge in [0.1, 0.15) is 0 Å². The molecule has 0 fully saturated rings. The lowest BCUT2D eigenvalue weighted by Crippen LogP contribution is -2.04. The Morgan fingerprint density at radius 2 is 2.22 bits per heavy atom. The van der Waals surface area contributed by atoms with Gasteiger partial charge < -0.3 is 0 Å². The molecule has 0 aromatic heterocycles. The lowest BCUT2D eigenvalue weighted by Gasteiger charge is -2.16. The van der Waals surface area contributed by atoms with E-state index in [2.05, 4.69) is 31.7 Å². The molecule has 1 aliphatic rings. The molecule has 0 spiro atoms. The Labute approximate surface area is 57.3 Å². The molecule has 0 N–H and O–H groups in total. The number of rotatable bonds is 0. The van der Waals surface area contributed by atoms with Gasteiger partial charge >= 0.3 is 0 Å². The van der Waals surface area contributed by atoms with E-state index in [1.807, 2.05) is 0 Å². The monoisotopic (exact) mass is 122 g/mol. The third kappa shape index (κ3) is 2.07. The maximum absolute atomic E-state index is 3.19. The molecule has 0 aliphatic heterocycles. The predicted molar refractivity (Wildman–Crippen MR) is 40.3 cm³/mol. The average Bonchev–Trinajstić information content (AvgIpc) is 1.92. The van der Waals surface area contributed by atoms with E-state index in [1.54, 1.807) is 0 Å². The van der Waals surface area contributed by atoms with Crippen molar-refractivity contribution in [3.63, 3.8) is 0 Å². The molecular formula is C9H14. The van der Waals surface area contributed by atoms with Gasteiger partial charge in [0.05, 0.1) is 0 Å². The van der Waals surface area contributed by atoms with Crippen LogP contribution in [0.15, 0.2) is 17.9 Å². The summed E-state index contributed by atoms with van der Waals surface area (Å²) >= 11 is 0. The molecule has 0 heteroatoms. The van der Waals surface area contributed by atoms with E-state index in [0.717, 1.165) is 0 Å². The quantitative estimate of drug-likeness (QED) is 0.433. The summed E-state index contributed by atoms with van der Waals surface area (Å²) in [5, 5.41) is 0. The fourth-order valence-corrected chi connectivity index (χ4v) is 1.10. The highest BCUT2D eigenvalue weighted by atomic mass is 14.2. The van der Waals surface area contributed by atoms with Gasteiger partial charge in [-0.05, 0) is 36.8 Å². The zero-order valence-corrected chi connectivity index (χ0v) is 6.28. The maximum atomic E-state index is 3.19. The summed E-state index contributed by atoms with van der Waals surface area (Å²) in [4.78, 5) is 0. The van der Waals surface area contributed by atoms with E-state index in [4.69, 9.17) is 0 Å². The van der Waals surface area contributed by atoms with E-state index >= 15 is 0 Å². The molecule has 0 saturated heterocycles. The number of allylic oxidation sites excluding steroid dienone is 1. The van der Waals surface area contributed by atoms with Crippen molar-refractivity contribution in [2.45, 2.75) is 33.1 Å². The molecule has 0 aromatic carbocycles. The zero-order valence-electron chi connectivity index (χ0n) is 6.28. The Hall–Kier alpha value is -0.480. The molecule has 1 aliphatic carbocycles. The fraction of sp³-hybridized carbons (Fsp3) is 0.667. The van der Waals surface area contributed by atoms with Crippen molar-refractivity contribution in [2.75, 3.05) is 0 Å². The van der Waals surface area contributed by atoms with Gasteiger partial charge in [0, 0.05) is 0 Å². The predicted octanol–water partition coefficient (Wildman–Crippen LogP) is 2.91. The first-order valence-electron chi connectivity index (χ1n) is 3.63. The van der Waals surface area contributed by atoms with Crippen LogP contribution in [0.5, 0.6) is 0 Å². The highest BCUT2D eigenvalue weighted by molar-refractivity contribution is 4.98. The van der Waals surface area contributed by atoms with Gasteiger partial charge in [0.2, 0.25) is 0 Å². The summed E-state index contributed by atoms with van der Waals surface area (Å²) in [5.74, 6) is 0. The highest BCUT2D eigenvalue weighted by Gasteiger charge is 2.13. The maximum Gasteiger partial charge on any atom is -0.00990 e. The van der Waals surface area contributed by atoms with Crippen molar-refractivity contribution >= 4 is 0 Å². The van der Waals surface area contributed by atoms with Crippen LogP contribution in [0, 0.1) is 5.41 Å².